The van der Waals surface area contributed by atoms with Crippen LogP contribution in [0.5, 0.6) is 0 Å². The van der Waals surface area contributed by atoms with Crippen molar-refractivity contribution in [2.45, 2.75) is 6.61 Å². The lowest BCUT2D eigenvalue weighted by molar-refractivity contribution is -0.0906. The van der Waals surface area contributed by atoms with Crippen LogP contribution in [0.25, 0.3) is 0 Å². The van der Waals surface area contributed by atoms with Crippen LogP contribution in [0.4, 0.5) is 18.9 Å². The van der Waals surface area contributed by atoms with Gasteiger partial charge in [-0.1, -0.05) is 0 Å². The molecule has 14 heavy (non-hydrogen) atoms. The molecular weight excluding hydrogens is 199 g/mol. The minimum Gasteiger partial charge on any atom is -0.399 e. The number of nitrogens with two attached hydrogens (primary N) is 1. The number of hydrogen-bond acceptors (Lipinski definition) is 3. The fraction of sp³-hybridized carbons (Fsp3) is 0.125. The number of nitrogen functional groups attached to an aromatic ring is 1. The molecule has 0 aliphatic heterocycles. The van der Waals surface area contributed by atoms with Crippen LogP contribution in [0.2, 0.25) is 0 Å². The van der Waals surface area contributed by atoms with Gasteiger partial charge in [-0.15, -0.1) is 0 Å². The molecule has 0 aromatic heterocycles. The van der Waals surface area contributed by atoms with E-state index in [4.69, 9.17) is 5.73 Å². The normalized spacial score (nSPS) is 10.3. The maximum absolute atomic E-state index is 12.7. The fourth-order valence-corrected chi connectivity index (χ4v) is 0.879. The second-order valence-electron chi connectivity index (χ2n) is 2.44. The maximum Gasteiger partial charge on any atom is 0.389 e. The zero-order valence-electron chi connectivity index (χ0n) is 6.84. The lowest BCUT2D eigenvalue weighted by Gasteiger charge is -2.03. The molecule has 0 radical (unpaired) electrons. The number of rotatable bonds is 2. The molecule has 0 heterocycles. The van der Waals surface area contributed by atoms with Crippen molar-refractivity contribution >= 4 is 11.7 Å². The molecule has 0 saturated heterocycles. The van der Waals surface area contributed by atoms with Crippen LogP contribution in [0, 0.1) is 5.82 Å². The first-order valence-electron chi connectivity index (χ1n) is 3.54. The Morgan fingerprint density at radius 2 is 2.00 bits per heavy atom. The van der Waals surface area contributed by atoms with Crippen LogP contribution in [-0.2, 0) is 4.74 Å². The van der Waals surface area contributed by atoms with Crippen molar-refractivity contribution in [1.82, 2.24) is 0 Å². The van der Waals surface area contributed by atoms with Gasteiger partial charge in [0.05, 0.1) is 5.56 Å². The molecule has 3 nitrogen and oxygen atoms in total. The van der Waals surface area contributed by atoms with E-state index in [1.807, 2.05) is 0 Å². The second-order valence-corrected chi connectivity index (χ2v) is 2.44. The number of anilines is 1. The molecule has 1 aromatic rings. The van der Waals surface area contributed by atoms with Crippen molar-refractivity contribution in [2.75, 3.05) is 5.73 Å². The third kappa shape index (κ3) is 2.65. The summed E-state index contributed by atoms with van der Waals surface area (Å²) in [7, 11) is 0. The van der Waals surface area contributed by atoms with Crippen molar-refractivity contribution in [3.05, 3.63) is 29.6 Å². The van der Waals surface area contributed by atoms with Crippen molar-refractivity contribution < 1.29 is 22.7 Å². The molecule has 0 aliphatic carbocycles. The van der Waals surface area contributed by atoms with Gasteiger partial charge < -0.3 is 10.5 Å². The van der Waals surface area contributed by atoms with E-state index in [0.717, 1.165) is 18.2 Å². The van der Waals surface area contributed by atoms with E-state index in [9.17, 15) is 18.0 Å². The van der Waals surface area contributed by atoms with Crippen LogP contribution in [-0.4, -0.2) is 12.6 Å². The number of alkyl halides is 2. The molecule has 0 unspecified atom stereocenters. The minimum absolute atomic E-state index is 0.0359. The summed E-state index contributed by atoms with van der Waals surface area (Å²) < 4.78 is 39.4. The summed E-state index contributed by atoms with van der Waals surface area (Å²) in [4.78, 5) is 10.8. The largest absolute Gasteiger partial charge is 0.399 e. The van der Waals surface area contributed by atoms with Gasteiger partial charge in [-0.05, 0) is 18.2 Å². The summed E-state index contributed by atoms with van der Waals surface area (Å²) in [5, 5.41) is 0. The highest BCUT2D eigenvalue weighted by molar-refractivity contribution is 5.90. The lowest BCUT2D eigenvalue weighted by Crippen LogP contribution is -2.10. The summed E-state index contributed by atoms with van der Waals surface area (Å²) >= 11 is 0. The van der Waals surface area contributed by atoms with Gasteiger partial charge in [0.2, 0.25) is 0 Å². The van der Waals surface area contributed by atoms with Crippen LogP contribution >= 0.6 is 0 Å². The Kier molecular flexibility index (Phi) is 2.95. The van der Waals surface area contributed by atoms with Crippen LogP contribution in [0.15, 0.2) is 18.2 Å². The molecule has 0 bridgehead atoms. The highest BCUT2D eigenvalue weighted by Gasteiger charge is 2.14. The number of carbonyl (C=O) groups excluding carboxylic acids is 1. The molecular formula is C8H6F3NO2. The fourth-order valence-electron chi connectivity index (χ4n) is 0.879. The minimum atomic E-state index is -3.23. The van der Waals surface area contributed by atoms with E-state index in [-0.39, 0.29) is 11.3 Å². The quantitative estimate of drug-likeness (QED) is 0.591. The first kappa shape index (κ1) is 10.4. The molecule has 0 spiro atoms. The SMILES string of the molecule is Nc1cc(F)cc(C(=O)OC(F)F)c1. The Balaban J connectivity index is 2.90. The van der Waals surface area contributed by atoms with Crippen LogP contribution in [0.3, 0.4) is 0 Å². The Morgan fingerprint density at radius 1 is 1.36 bits per heavy atom. The van der Waals surface area contributed by atoms with E-state index in [0.29, 0.717) is 0 Å². The van der Waals surface area contributed by atoms with Gasteiger partial charge >= 0.3 is 12.6 Å². The molecule has 0 atom stereocenters. The van der Waals surface area contributed by atoms with E-state index in [1.165, 1.54) is 0 Å². The summed E-state index contributed by atoms with van der Waals surface area (Å²) in [6, 6.07) is 2.77. The molecule has 6 heteroatoms. The standard InChI is InChI=1S/C8H6F3NO2/c9-5-1-4(2-6(12)3-5)7(13)14-8(10)11/h1-3,8H,12H2. The van der Waals surface area contributed by atoms with Crippen LogP contribution in [0.1, 0.15) is 10.4 Å². The molecule has 76 valence electrons. The smallest absolute Gasteiger partial charge is 0.389 e. The maximum atomic E-state index is 12.7. The van der Waals surface area contributed by atoms with Crippen LogP contribution < -0.4 is 5.73 Å². The Labute approximate surface area is 77.3 Å². The first-order chi connectivity index (χ1) is 6.49. The number of halogens is 3. The predicted molar refractivity (Wildman–Crippen MR) is 42.2 cm³/mol. The van der Waals surface area contributed by atoms with Gasteiger partial charge in [0, 0.05) is 5.69 Å². The molecule has 0 saturated carbocycles. The number of carbonyl (C=O) groups is 1. The summed E-state index contributed by atoms with van der Waals surface area (Å²) in [6.07, 6.45) is 0. The summed E-state index contributed by atoms with van der Waals surface area (Å²) in [6.45, 7) is -3.23. The molecule has 1 rings (SSSR count). The molecule has 0 fully saturated rings. The van der Waals surface area contributed by atoms with Gasteiger partial charge in [-0.3, -0.25) is 0 Å². The number of ether oxygens (including phenoxy) is 1. The van der Waals surface area contributed by atoms with Gasteiger partial charge in [-0.25, -0.2) is 9.18 Å². The number of hydrogen-bond donors (Lipinski definition) is 1. The second kappa shape index (κ2) is 3.99. The predicted octanol–water partition coefficient (Wildman–Crippen LogP) is 1.79. The van der Waals surface area contributed by atoms with E-state index >= 15 is 0 Å². The van der Waals surface area contributed by atoms with E-state index in [2.05, 4.69) is 4.74 Å². The van der Waals surface area contributed by atoms with Gasteiger partial charge in [0.15, 0.2) is 0 Å². The lowest BCUT2D eigenvalue weighted by atomic mass is 10.2. The third-order valence-electron chi connectivity index (χ3n) is 1.35. The molecule has 1 aromatic carbocycles. The molecule has 0 aliphatic rings. The number of benzene rings is 1. The van der Waals surface area contributed by atoms with Gasteiger partial charge in [0.1, 0.15) is 5.82 Å². The van der Waals surface area contributed by atoms with E-state index < -0.39 is 18.4 Å². The number of esters is 1. The van der Waals surface area contributed by atoms with Crippen molar-refractivity contribution in [3.63, 3.8) is 0 Å². The average molecular weight is 205 g/mol. The van der Waals surface area contributed by atoms with Crippen molar-refractivity contribution in [1.29, 1.82) is 0 Å². The van der Waals surface area contributed by atoms with Gasteiger partial charge in [0.25, 0.3) is 0 Å². The average Bonchev–Trinajstić information content (AvgIpc) is 2.00. The Bertz CT molecular complexity index is 334. The highest BCUT2D eigenvalue weighted by Crippen LogP contribution is 2.13. The topological polar surface area (TPSA) is 52.3 Å². The highest BCUT2D eigenvalue weighted by atomic mass is 19.3. The summed E-state index contributed by atoms with van der Waals surface area (Å²) in [5.74, 6) is -2.10. The third-order valence-corrected chi connectivity index (χ3v) is 1.35. The monoisotopic (exact) mass is 205 g/mol. The van der Waals surface area contributed by atoms with Gasteiger partial charge in [-0.2, -0.15) is 8.78 Å². The summed E-state index contributed by atoms with van der Waals surface area (Å²) in [5.41, 5.74) is 4.81. The Morgan fingerprint density at radius 3 is 2.50 bits per heavy atom. The zero-order chi connectivity index (χ0) is 10.7. The molecule has 2 N–H and O–H groups in total. The zero-order valence-corrected chi connectivity index (χ0v) is 6.84. The van der Waals surface area contributed by atoms with Crippen molar-refractivity contribution in [3.8, 4) is 0 Å². The Hall–Kier alpha value is -1.72. The first-order valence-corrected chi connectivity index (χ1v) is 3.54. The molecule has 0 amide bonds. The van der Waals surface area contributed by atoms with Crippen molar-refractivity contribution in [2.24, 2.45) is 0 Å². The van der Waals surface area contributed by atoms with E-state index in [1.54, 1.807) is 0 Å².